The molecule has 90 valence electrons. The molecule has 0 saturated heterocycles. The number of rotatable bonds is 4. The zero-order valence-electron chi connectivity index (χ0n) is 9.95. The van der Waals surface area contributed by atoms with E-state index in [0.29, 0.717) is 5.25 Å². The molecule has 1 nitrogen and oxygen atoms in total. The van der Waals surface area contributed by atoms with Crippen LogP contribution in [0, 0.1) is 6.92 Å². The van der Waals surface area contributed by atoms with E-state index in [2.05, 4.69) is 30.1 Å². The first-order chi connectivity index (χ1) is 7.81. The lowest BCUT2D eigenvalue weighted by Crippen LogP contribution is -2.15. The van der Waals surface area contributed by atoms with Gasteiger partial charge in [0.15, 0.2) is 0 Å². The van der Waals surface area contributed by atoms with Crippen molar-refractivity contribution < 1.29 is 0 Å². The third-order valence-corrected chi connectivity index (χ3v) is 6.21. The predicted molar refractivity (Wildman–Crippen MR) is 75.3 cm³/mol. The second-order valence-corrected chi connectivity index (χ2v) is 7.04. The van der Waals surface area contributed by atoms with Crippen molar-refractivity contribution in [2.75, 3.05) is 6.54 Å². The first-order valence-corrected chi connectivity index (χ1v) is 8.03. The monoisotopic (exact) mass is 255 g/mol. The molecule has 1 saturated carbocycles. The summed E-state index contributed by atoms with van der Waals surface area (Å²) >= 11 is 3.99. The van der Waals surface area contributed by atoms with Crippen LogP contribution >= 0.6 is 23.1 Å². The second-order valence-electron chi connectivity index (χ2n) is 4.59. The average molecular weight is 255 g/mol. The van der Waals surface area contributed by atoms with Gasteiger partial charge in [0.25, 0.3) is 0 Å². The summed E-state index contributed by atoms with van der Waals surface area (Å²) in [5, 5.41) is 3.57. The lowest BCUT2D eigenvalue weighted by Gasteiger charge is -2.25. The van der Waals surface area contributed by atoms with Crippen LogP contribution in [0.25, 0.3) is 0 Å². The molecule has 1 aliphatic rings. The van der Waals surface area contributed by atoms with Crippen molar-refractivity contribution in [3.8, 4) is 0 Å². The summed E-state index contributed by atoms with van der Waals surface area (Å²) in [7, 11) is 0. The molecule has 2 N–H and O–H groups in total. The molecule has 0 aliphatic heterocycles. The molecule has 1 heterocycles. The number of thiophene rings is 1. The van der Waals surface area contributed by atoms with E-state index in [9.17, 15) is 0 Å². The molecule has 1 fully saturated rings. The largest absolute Gasteiger partial charge is 0.329 e. The summed E-state index contributed by atoms with van der Waals surface area (Å²) in [6.45, 7) is 2.98. The fourth-order valence-electron chi connectivity index (χ4n) is 2.37. The molecular formula is C13H21NS2. The van der Waals surface area contributed by atoms with E-state index in [-0.39, 0.29) is 0 Å². The van der Waals surface area contributed by atoms with Crippen molar-refractivity contribution in [3.63, 3.8) is 0 Å². The van der Waals surface area contributed by atoms with Gasteiger partial charge in [-0.15, -0.1) is 23.1 Å². The van der Waals surface area contributed by atoms with Crippen LogP contribution in [-0.4, -0.2) is 11.8 Å². The SMILES string of the molecule is Cc1ccsc1C(CN)SC1CCCCC1. The van der Waals surface area contributed by atoms with Crippen molar-refractivity contribution >= 4 is 23.1 Å². The Labute approximate surface area is 107 Å². The molecule has 1 unspecified atom stereocenters. The Morgan fingerprint density at radius 3 is 2.75 bits per heavy atom. The molecule has 1 aromatic heterocycles. The minimum absolute atomic E-state index is 0.531. The van der Waals surface area contributed by atoms with Crippen molar-refractivity contribution in [2.24, 2.45) is 5.73 Å². The van der Waals surface area contributed by atoms with Crippen LogP contribution in [0.15, 0.2) is 11.4 Å². The third-order valence-electron chi connectivity index (χ3n) is 3.32. The molecular weight excluding hydrogens is 234 g/mol. The Morgan fingerprint density at radius 1 is 1.44 bits per heavy atom. The third kappa shape index (κ3) is 3.02. The van der Waals surface area contributed by atoms with Gasteiger partial charge in [0.2, 0.25) is 0 Å². The molecule has 1 atom stereocenters. The molecule has 1 aliphatic carbocycles. The maximum Gasteiger partial charge on any atom is 0.0518 e. The Morgan fingerprint density at radius 2 is 2.19 bits per heavy atom. The molecule has 0 radical (unpaired) electrons. The van der Waals surface area contributed by atoms with Crippen LogP contribution in [0.2, 0.25) is 0 Å². The van der Waals surface area contributed by atoms with Crippen LogP contribution in [0.3, 0.4) is 0 Å². The van der Waals surface area contributed by atoms with E-state index in [1.165, 1.54) is 42.5 Å². The van der Waals surface area contributed by atoms with Crippen molar-refractivity contribution in [2.45, 2.75) is 49.5 Å². The number of nitrogens with two attached hydrogens (primary N) is 1. The molecule has 0 spiro atoms. The normalized spacial score (nSPS) is 19.9. The van der Waals surface area contributed by atoms with Gasteiger partial charge in [-0.25, -0.2) is 0 Å². The van der Waals surface area contributed by atoms with Gasteiger partial charge in [-0.05, 0) is 36.8 Å². The average Bonchev–Trinajstić information content (AvgIpc) is 2.74. The topological polar surface area (TPSA) is 26.0 Å². The molecule has 0 bridgehead atoms. The Balaban J connectivity index is 1.97. The number of hydrogen-bond donors (Lipinski definition) is 1. The van der Waals surface area contributed by atoms with E-state index in [0.717, 1.165) is 11.8 Å². The highest BCUT2D eigenvalue weighted by atomic mass is 32.2. The van der Waals surface area contributed by atoms with Gasteiger partial charge >= 0.3 is 0 Å². The highest BCUT2D eigenvalue weighted by Gasteiger charge is 2.21. The summed E-state index contributed by atoms with van der Waals surface area (Å²) in [4.78, 5) is 1.50. The molecule has 1 aromatic rings. The van der Waals surface area contributed by atoms with Crippen LogP contribution in [0.5, 0.6) is 0 Å². The van der Waals surface area contributed by atoms with Crippen LogP contribution < -0.4 is 5.73 Å². The van der Waals surface area contributed by atoms with Crippen molar-refractivity contribution in [1.29, 1.82) is 0 Å². The van der Waals surface area contributed by atoms with E-state index >= 15 is 0 Å². The fourth-order valence-corrected chi connectivity index (χ4v) is 5.12. The molecule has 0 amide bonds. The van der Waals surface area contributed by atoms with Gasteiger partial charge in [0.1, 0.15) is 0 Å². The smallest absolute Gasteiger partial charge is 0.0518 e. The Bertz CT molecular complexity index is 315. The van der Waals surface area contributed by atoms with Gasteiger partial charge in [-0.1, -0.05) is 19.3 Å². The summed E-state index contributed by atoms with van der Waals surface area (Å²) in [6, 6.07) is 2.21. The molecule has 2 rings (SSSR count). The highest BCUT2D eigenvalue weighted by Crippen LogP contribution is 2.40. The van der Waals surface area contributed by atoms with Crippen LogP contribution in [0.4, 0.5) is 0 Å². The van der Waals surface area contributed by atoms with Crippen LogP contribution in [-0.2, 0) is 0 Å². The quantitative estimate of drug-likeness (QED) is 0.875. The first-order valence-electron chi connectivity index (χ1n) is 6.20. The van der Waals surface area contributed by atoms with Gasteiger partial charge in [-0.2, -0.15) is 0 Å². The summed E-state index contributed by atoms with van der Waals surface area (Å²) in [6.07, 6.45) is 7.05. The minimum atomic E-state index is 0.531. The molecule has 16 heavy (non-hydrogen) atoms. The van der Waals surface area contributed by atoms with Crippen molar-refractivity contribution in [3.05, 3.63) is 21.9 Å². The number of aryl methyl sites for hydroxylation is 1. The molecule has 3 heteroatoms. The van der Waals surface area contributed by atoms with Crippen LogP contribution in [0.1, 0.15) is 47.8 Å². The number of thioether (sulfide) groups is 1. The highest BCUT2D eigenvalue weighted by molar-refractivity contribution is 8.00. The lowest BCUT2D eigenvalue weighted by atomic mass is 10.0. The number of hydrogen-bond acceptors (Lipinski definition) is 3. The molecule has 0 aromatic carbocycles. The van der Waals surface area contributed by atoms with E-state index in [4.69, 9.17) is 5.73 Å². The first kappa shape index (κ1) is 12.5. The predicted octanol–water partition coefficient (Wildman–Crippen LogP) is 4.12. The van der Waals surface area contributed by atoms with Gasteiger partial charge in [0, 0.05) is 16.7 Å². The summed E-state index contributed by atoms with van der Waals surface area (Å²) in [5.74, 6) is 0. The van der Waals surface area contributed by atoms with E-state index in [1.807, 2.05) is 11.3 Å². The summed E-state index contributed by atoms with van der Waals surface area (Å²) < 4.78 is 0. The zero-order chi connectivity index (χ0) is 11.4. The van der Waals surface area contributed by atoms with Gasteiger partial charge in [-0.3, -0.25) is 0 Å². The summed E-state index contributed by atoms with van der Waals surface area (Å²) in [5.41, 5.74) is 7.36. The Hall–Kier alpha value is 0.01000. The standard InChI is InChI=1S/C13H21NS2/c1-10-7-8-15-13(10)12(9-14)16-11-5-3-2-4-6-11/h7-8,11-12H,2-6,9,14H2,1H3. The maximum atomic E-state index is 5.94. The van der Waals surface area contributed by atoms with Gasteiger partial charge < -0.3 is 5.73 Å². The maximum absolute atomic E-state index is 5.94. The Kier molecular flexibility index (Phi) is 4.74. The fraction of sp³-hybridized carbons (Fsp3) is 0.692. The van der Waals surface area contributed by atoms with Crippen molar-refractivity contribution in [1.82, 2.24) is 0 Å². The van der Waals surface area contributed by atoms with E-state index < -0.39 is 0 Å². The zero-order valence-corrected chi connectivity index (χ0v) is 11.6. The second kappa shape index (κ2) is 6.08. The van der Waals surface area contributed by atoms with Gasteiger partial charge in [0.05, 0.1) is 5.25 Å². The lowest BCUT2D eigenvalue weighted by molar-refractivity contribution is 0.515. The minimum Gasteiger partial charge on any atom is -0.329 e. The van der Waals surface area contributed by atoms with E-state index in [1.54, 1.807) is 0 Å².